The minimum Gasteiger partial charge on any atom is -0.306 e. The molecule has 0 amide bonds. The number of piperidine rings is 1. The topological polar surface area (TPSA) is 6.48 Å². The van der Waals surface area contributed by atoms with Crippen LogP contribution in [0.4, 0.5) is 0 Å². The van der Waals surface area contributed by atoms with Gasteiger partial charge in [-0.25, -0.2) is 0 Å². The van der Waals surface area contributed by atoms with E-state index in [9.17, 15) is 0 Å². The molecule has 84 valence electrons. The van der Waals surface area contributed by atoms with Gasteiger partial charge in [-0.1, -0.05) is 0 Å². The molecule has 0 atom stereocenters. The molecule has 0 aromatic heterocycles. The molecule has 0 aliphatic carbocycles. The molecule has 1 rings (SSSR count). The van der Waals surface area contributed by atoms with Gasteiger partial charge in [0.25, 0.3) is 0 Å². The van der Waals surface area contributed by atoms with E-state index in [4.69, 9.17) is 0 Å². The van der Waals surface area contributed by atoms with Crippen LogP contribution < -0.4 is 0 Å². The molecule has 1 saturated heterocycles. The minimum atomic E-state index is 0.684. The van der Waals surface area contributed by atoms with E-state index in [1.165, 1.54) is 25.9 Å². The van der Waals surface area contributed by atoms with Gasteiger partial charge in [0.2, 0.25) is 0 Å². The molecule has 2 nitrogen and oxygen atoms in total. The van der Waals surface area contributed by atoms with Gasteiger partial charge in [0.15, 0.2) is 0 Å². The van der Waals surface area contributed by atoms with Crippen LogP contribution >= 0.6 is 0 Å². The summed E-state index contributed by atoms with van der Waals surface area (Å²) in [4.78, 5) is 5.11. The molecule has 0 aromatic rings. The van der Waals surface area contributed by atoms with Crippen molar-refractivity contribution in [2.24, 2.45) is 0 Å². The van der Waals surface area contributed by atoms with E-state index in [0.717, 1.165) is 6.04 Å². The average Bonchev–Trinajstić information content (AvgIpc) is 2.07. The summed E-state index contributed by atoms with van der Waals surface area (Å²) in [6.45, 7) is 11.8. The van der Waals surface area contributed by atoms with Gasteiger partial charge in [-0.3, -0.25) is 4.90 Å². The zero-order valence-electron chi connectivity index (χ0n) is 10.5. The Morgan fingerprint density at radius 3 is 1.79 bits per heavy atom. The van der Waals surface area contributed by atoms with Crippen molar-refractivity contribution in [2.75, 3.05) is 20.1 Å². The molecule has 2 heteroatoms. The first kappa shape index (κ1) is 12.0. The van der Waals surface area contributed by atoms with Crippen LogP contribution in [0.25, 0.3) is 0 Å². The zero-order valence-corrected chi connectivity index (χ0v) is 10.5. The lowest BCUT2D eigenvalue weighted by atomic mass is 10.0. The van der Waals surface area contributed by atoms with Gasteiger partial charge < -0.3 is 4.90 Å². The van der Waals surface area contributed by atoms with Crippen LogP contribution in [0.2, 0.25) is 0 Å². The number of rotatable bonds is 3. The van der Waals surface area contributed by atoms with Crippen LogP contribution in [0.5, 0.6) is 0 Å². The molecule has 1 aliphatic heterocycles. The highest BCUT2D eigenvalue weighted by Gasteiger charge is 2.26. The summed E-state index contributed by atoms with van der Waals surface area (Å²) in [6.07, 6.45) is 2.68. The van der Waals surface area contributed by atoms with E-state index in [2.05, 4.69) is 44.5 Å². The van der Waals surface area contributed by atoms with Gasteiger partial charge in [0, 0.05) is 18.1 Å². The highest BCUT2D eigenvalue weighted by atomic mass is 15.2. The third-order valence-corrected chi connectivity index (χ3v) is 3.30. The summed E-state index contributed by atoms with van der Waals surface area (Å²) in [5.74, 6) is 0. The third-order valence-electron chi connectivity index (χ3n) is 3.30. The van der Waals surface area contributed by atoms with E-state index in [1.807, 2.05) is 0 Å². The molecular weight excluding hydrogens is 172 g/mol. The highest BCUT2D eigenvalue weighted by Crippen LogP contribution is 2.20. The second-order valence-corrected chi connectivity index (χ2v) is 5.17. The normalized spacial score (nSPS) is 21.4. The lowest BCUT2D eigenvalue weighted by Crippen LogP contribution is -2.49. The van der Waals surface area contributed by atoms with E-state index in [-0.39, 0.29) is 0 Å². The van der Waals surface area contributed by atoms with Crippen molar-refractivity contribution >= 4 is 0 Å². The van der Waals surface area contributed by atoms with Crippen LogP contribution in [0.1, 0.15) is 40.5 Å². The van der Waals surface area contributed by atoms with Crippen molar-refractivity contribution in [3.63, 3.8) is 0 Å². The maximum atomic E-state index is 2.67. The number of nitrogens with zero attached hydrogens (tertiary/aromatic N) is 2. The quantitative estimate of drug-likeness (QED) is 0.686. The number of hydrogen-bond acceptors (Lipinski definition) is 2. The van der Waals surface area contributed by atoms with Crippen molar-refractivity contribution in [1.29, 1.82) is 0 Å². The molecular formula is C12H26N2. The zero-order chi connectivity index (χ0) is 10.7. The summed E-state index contributed by atoms with van der Waals surface area (Å²) in [5.41, 5.74) is 0. The largest absolute Gasteiger partial charge is 0.306 e. The molecule has 1 fully saturated rings. The Balaban J connectivity index is 2.52. The standard InChI is InChI=1S/C12H26N2/c1-10(2)14(11(3)4)12-6-8-13(5)9-7-12/h10-12H,6-9H2,1-5H3. The van der Waals surface area contributed by atoms with Crippen LogP contribution in [-0.2, 0) is 0 Å². The molecule has 1 aliphatic rings. The first-order valence-electron chi connectivity index (χ1n) is 5.98. The Hall–Kier alpha value is -0.0800. The number of hydrogen-bond donors (Lipinski definition) is 0. The Labute approximate surface area is 89.3 Å². The van der Waals surface area contributed by atoms with E-state index in [1.54, 1.807) is 0 Å². The minimum absolute atomic E-state index is 0.684. The van der Waals surface area contributed by atoms with E-state index < -0.39 is 0 Å². The van der Waals surface area contributed by atoms with Gasteiger partial charge in [-0.2, -0.15) is 0 Å². The molecule has 1 heterocycles. The summed E-state index contributed by atoms with van der Waals surface area (Å²) < 4.78 is 0. The fourth-order valence-electron chi connectivity index (χ4n) is 2.73. The van der Waals surface area contributed by atoms with Crippen molar-refractivity contribution in [2.45, 2.75) is 58.7 Å². The van der Waals surface area contributed by atoms with Crippen molar-refractivity contribution in [3.8, 4) is 0 Å². The maximum Gasteiger partial charge on any atom is 0.0125 e. The maximum absolute atomic E-state index is 2.67. The molecule has 0 bridgehead atoms. The fourth-order valence-corrected chi connectivity index (χ4v) is 2.73. The Morgan fingerprint density at radius 1 is 1.00 bits per heavy atom. The van der Waals surface area contributed by atoms with Gasteiger partial charge >= 0.3 is 0 Å². The van der Waals surface area contributed by atoms with Gasteiger partial charge in [0.1, 0.15) is 0 Å². The molecule has 0 saturated carbocycles. The highest BCUT2D eigenvalue weighted by molar-refractivity contribution is 4.82. The molecule has 0 N–H and O–H groups in total. The molecule has 0 aromatic carbocycles. The van der Waals surface area contributed by atoms with E-state index >= 15 is 0 Å². The first-order chi connectivity index (χ1) is 6.52. The lowest BCUT2D eigenvalue weighted by molar-refractivity contribution is 0.0667. The fraction of sp³-hybridized carbons (Fsp3) is 1.00. The molecule has 0 unspecified atom stereocenters. The Morgan fingerprint density at radius 2 is 1.43 bits per heavy atom. The van der Waals surface area contributed by atoms with Gasteiger partial charge in [0.05, 0.1) is 0 Å². The monoisotopic (exact) mass is 198 g/mol. The predicted octanol–water partition coefficient (Wildman–Crippen LogP) is 2.20. The molecule has 0 spiro atoms. The van der Waals surface area contributed by atoms with Crippen molar-refractivity contribution < 1.29 is 0 Å². The second-order valence-electron chi connectivity index (χ2n) is 5.17. The molecule has 14 heavy (non-hydrogen) atoms. The summed E-state index contributed by atoms with van der Waals surface area (Å²) in [7, 11) is 2.23. The molecule has 0 radical (unpaired) electrons. The van der Waals surface area contributed by atoms with Crippen LogP contribution in [0, 0.1) is 0 Å². The lowest BCUT2D eigenvalue weighted by Gasteiger charge is -2.42. The van der Waals surface area contributed by atoms with Crippen LogP contribution in [-0.4, -0.2) is 48.1 Å². The average molecular weight is 198 g/mol. The Kier molecular flexibility index (Phi) is 4.39. The van der Waals surface area contributed by atoms with Gasteiger partial charge in [-0.05, 0) is 60.7 Å². The first-order valence-corrected chi connectivity index (χ1v) is 5.98. The smallest absolute Gasteiger partial charge is 0.0125 e. The SMILES string of the molecule is CC(C)N(C(C)C)C1CCN(C)CC1. The van der Waals surface area contributed by atoms with Crippen LogP contribution in [0.3, 0.4) is 0 Å². The van der Waals surface area contributed by atoms with E-state index in [0.29, 0.717) is 12.1 Å². The second kappa shape index (κ2) is 5.13. The Bertz CT molecular complexity index is 150. The summed E-state index contributed by atoms with van der Waals surface area (Å²) in [6, 6.07) is 2.18. The predicted molar refractivity (Wildman–Crippen MR) is 62.6 cm³/mol. The summed E-state index contributed by atoms with van der Waals surface area (Å²) in [5, 5.41) is 0. The van der Waals surface area contributed by atoms with Crippen LogP contribution in [0.15, 0.2) is 0 Å². The van der Waals surface area contributed by atoms with Gasteiger partial charge in [-0.15, -0.1) is 0 Å². The van der Waals surface area contributed by atoms with Crippen molar-refractivity contribution in [3.05, 3.63) is 0 Å². The third kappa shape index (κ3) is 2.96. The summed E-state index contributed by atoms with van der Waals surface area (Å²) >= 11 is 0. The van der Waals surface area contributed by atoms with Crippen molar-refractivity contribution in [1.82, 2.24) is 9.80 Å². The number of likely N-dealkylation sites (tertiary alicyclic amines) is 1.